The van der Waals surface area contributed by atoms with Crippen LogP contribution < -0.4 is 9.44 Å². The number of anilines is 1. The van der Waals surface area contributed by atoms with Crippen molar-refractivity contribution in [3.8, 4) is 6.07 Å². The molecule has 0 unspecified atom stereocenters. The van der Waals surface area contributed by atoms with Crippen molar-refractivity contribution in [2.45, 2.75) is 20.3 Å². The Labute approximate surface area is 108 Å². The first kappa shape index (κ1) is 14.5. The van der Waals surface area contributed by atoms with E-state index in [9.17, 15) is 8.42 Å². The Bertz CT molecular complexity index is 515. The number of nitrogens with zero attached hydrogens (tertiary/aromatic N) is 1. The van der Waals surface area contributed by atoms with E-state index in [-0.39, 0.29) is 5.92 Å². The van der Waals surface area contributed by atoms with Gasteiger partial charge >= 0.3 is 0 Å². The first-order valence-corrected chi connectivity index (χ1v) is 7.14. The van der Waals surface area contributed by atoms with Gasteiger partial charge in [-0.05, 0) is 23.6 Å². The van der Waals surface area contributed by atoms with E-state index in [1.807, 2.05) is 19.9 Å². The van der Waals surface area contributed by atoms with Gasteiger partial charge in [-0.15, -0.1) is 0 Å². The lowest BCUT2D eigenvalue weighted by Gasteiger charge is -2.11. The zero-order valence-corrected chi connectivity index (χ0v) is 11.3. The molecule has 0 spiro atoms. The van der Waals surface area contributed by atoms with Crippen molar-refractivity contribution in [2.24, 2.45) is 5.92 Å². The van der Waals surface area contributed by atoms with Crippen molar-refractivity contribution in [1.29, 1.82) is 5.26 Å². The molecular formula is C12H17N3O2S. The molecule has 1 aromatic carbocycles. The molecule has 0 radical (unpaired) electrons. The van der Waals surface area contributed by atoms with E-state index in [0.717, 1.165) is 5.56 Å². The summed E-state index contributed by atoms with van der Waals surface area (Å²) >= 11 is 0. The summed E-state index contributed by atoms with van der Waals surface area (Å²) in [5.41, 5.74) is 1.34. The maximum atomic E-state index is 11.6. The summed E-state index contributed by atoms with van der Waals surface area (Å²) in [5, 5.41) is 8.53. The molecule has 1 rings (SSSR count). The highest BCUT2D eigenvalue weighted by atomic mass is 32.2. The average molecular weight is 267 g/mol. The van der Waals surface area contributed by atoms with Crippen LogP contribution in [-0.2, 0) is 16.6 Å². The summed E-state index contributed by atoms with van der Waals surface area (Å²) in [6.45, 7) is 4.25. The van der Waals surface area contributed by atoms with Gasteiger partial charge in [-0.2, -0.15) is 18.4 Å². The van der Waals surface area contributed by atoms with E-state index >= 15 is 0 Å². The second-order valence-electron chi connectivity index (χ2n) is 4.38. The number of hydrogen-bond donors (Lipinski definition) is 2. The van der Waals surface area contributed by atoms with E-state index in [1.165, 1.54) is 0 Å². The van der Waals surface area contributed by atoms with E-state index in [0.29, 0.717) is 18.7 Å². The summed E-state index contributed by atoms with van der Waals surface area (Å²) in [4.78, 5) is 0. The Morgan fingerprint density at radius 3 is 2.39 bits per heavy atom. The fraction of sp³-hybridized carbons (Fsp3) is 0.417. The third-order valence-corrected chi connectivity index (χ3v) is 3.22. The van der Waals surface area contributed by atoms with Crippen molar-refractivity contribution in [3.63, 3.8) is 0 Å². The fourth-order valence-corrected chi connectivity index (χ4v) is 2.32. The van der Waals surface area contributed by atoms with Gasteiger partial charge in [0.1, 0.15) is 0 Å². The van der Waals surface area contributed by atoms with Crippen LogP contribution in [0.4, 0.5) is 5.69 Å². The van der Waals surface area contributed by atoms with Crippen LogP contribution in [0.15, 0.2) is 24.3 Å². The van der Waals surface area contributed by atoms with Crippen LogP contribution in [0, 0.1) is 17.2 Å². The minimum atomic E-state index is -3.52. The second kappa shape index (κ2) is 6.38. The normalized spacial score (nSPS) is 11.2. The SMILES string of the molecule is CC(C)CNS(=O)(=O)Nc1ccc(CC#N)cc1. The third kappa shape index (κ3) is 5.17. The standard InChI is InChI=1S/C12H17N3O2S/c1-10(2)9-14-18(16,17)15-12-5-3-11(4-6-12)7-8-13/h3-6,10,14-15H,7,9H2,1-2H3. The third-order valence-electron chi connectivity index (χ3n) is 2.17. The molecule has 0 saturated heterocycles. The number of rotatable bonds is 6. The fourth-order valence-electron chi connectivity index (χ4n) is 1.25. The van der Waals surface area contributed by atoms with Crippen LogP contribution in [0.2, 0.25) is 0 Å². The summed E-state index contributed by atoms with van der Waals surface area (Å²) < 4.78 is 28.2. The van der Waals surface area contributed by atoms with Gasteiger partial charge in [0.25, 0.3) is 10.2 Å². The van der Waals surface area contributed by atoms with Gasteiger partial charge in [-0.25, -0.2) is 0 Å². The van der Waals surface area contributed by atoms with Crippen molar-refractivity contribution in [1.82, 2.24) is 4.72 Å². The monoisotopic (exact) mass is 267 g/mol. The van der Waals surface area contributed by atoms with Crippen LogP contribution >= 0.6 is 0 Å². The summed E-state index contributed by atoms with van der Waals surface area (Å²) in [5.74, 6) is 0.250. The van der Waals surface area contributed by atoms with Gasteiger partial charge in [-0.1, -0.05) is 26.0 Å². The Morgan fingerprint density at radius 1 is 1.28 bits per heavy atom. The maximum Gasteiger partial charge on any atom is 0.299 e. The van der Waals surface area contributed by atoms with Crippen molar-refractivity contribution < 1.29 is 8.42 Å². The van der Waals surface area contributed by atoms with Crippen LogP contribution in [0.3, 0.4) is 0 Å². The largest absolute Gasteiger partial charge is 0.299 e. The molecule has 0 saturated carbocycles. The van der Waals surface area contributed by atoms with Crippen LogP contribution in [0.25, 0.3) is 0 Å². The van der Waals surface area contributed by atoms with Gasteiger partial charge in [0.05, 0.1) is 12.5 Å². The van der Waals surface area contributed by atoms with Crippen molar-refractivity contribution >= 4 is 15.9 Å². The highest BCUT2D eigenvalue weighted by Crippen LogP contribution is 2.11. The zero-order valence-electron chi connectivity index (χ0n) is 10.5. The Morgan fingerprint density at radius 2 is 1.89 bits per heavy atom. The molecule has 0 fully saturated rings. The molecule has 18 heavy (non-hydrogen) atoms. The average Bonchev–Trinajstić information content (AvgIpc) is 2.29. The maximum absolute atomic E-state index is 11.6. The smallest absolute Gasteiger partial charge is 0.271 e. The van der Waals surface area contributed by atoms with E-state index in [4.69, 9.17) is 5.26 Å². The van der Waals surface area contributed by atoms with Gasteiger partial charge in [0, 0.05) is 12.2 Å². The Hall–Kier alpha value is -1.58. The first-order valence-electron chi connectivity index (χ1n) is 5.66. The van der Waals surface area contributed by atoms with E-state index in [2.05, 4.69) is 9.44 Å². The Kier molecular flexibility index (Phi) is 5.13. The van der Waals surface area contributed by atoms with Gasteiger partial charge < -0.3 is 0 Å². The van der Waals surface area contributed by atoms with Crippen molar-refractivity contribution in [3.05, 3.63) is 29.8 Å². The molecule has 98 valence electrons. The minimum absolute atomic E-state index is 0.250. The van der Waals surface area contributed by atoms with Gasteiger partial charge in [0.2, 0.25) is 0 Å². The lowest BCUT2D eigenvalue weighted by molar-refractivity contribution is 0.565. The summed E-state index contributed by atoms with van der Waals surface area (Å²) in [6.07, 6.45) is 0.318. The topological polar surface area (TPSA) is 82.0 Å². The lowest BCUT2D eigenvalue weighted by atomic mass is 10.1. The molecule has 0 aromatic heterocycles. The number of hydrogen-bond acceptors (Lipinski definition) is 3. The molecule has 0 aliphatic heterocycles. The molecule has 6 heteroatoms. The molecule has 0 amide bonds. The Balaban J connectivity index is 2.64. The summed E-state index contributed by atoms with van der Waals surface area (Å²) in [6, 6.07) is 8.77. The number of nitrogens with one attached hydrogen (secondary N) is 2. The summed E-state index contributed by atoms with van der Waals surface area (Å²) in [7, 11) is -3.52. The second-order valence-corrected chi connectivity index (χ2v) is 5.88. The highest BCUT2D eigenvalue weighted by molar-refractivity contribution is 7.90. The van der Waals surface area contributed by atoms with E-state index < -0.39 is 10.2 Å². The number of benzene rings is 1. The van der Waals surface area contributed by atoms with Gasteiger partial charge in [0.15, 0.2) is 0 Å². The molecule has 0 atom stereocenters. The molecule has 1 aromatic rings. The molecule has 0 aliphatic carbocycles. The predicted molar refractivity (Wildman–Crippen MR) is 71.1 cm³/mol. The van der Waals surface area contributed by atoms with Crippen LogP contribution in [0.5, 0.6) is 0 Å². The zero-order chi connectivity index (χ0) is 13.6. The molecule has 5 nitrogen and oxygen atoms in total. The minimum Gasteiger partial charge on any atom is -0.271 e. The molecule has 0 bridgehead atoms. The molecule has 0 heterocycles. The predicted octanol–water partition coefficient (Wildman–Crippen LogP) is 1.65. The van der Waals surface area contributed by atoms with Crippen LogP contribution in [0.1, 0.15) is 19.4 Å². The highest BCUT2D eigenvalue weighted by Gasteiger charge is 2.09. The molecule has 0 aliphatic rings. The van der Waals surface area contributed by atoms with Crippen molar-refractivity contribution in [2.75, 3.05) is 11.3 Å². The lowest BCUT2D eigenvalue weighted by Crippen LogP contribution is -2.32. The van der Waals surface area contributed by atoms with Gasteiger partial charge in [-0.3, -0.25) is 4.72 Å². The number of nitriles is 1. The van der Waals surface area contributed by atoms with E-state index in [1.54, 1.807) is 24.3 Å². The molecular weight excluding hydrogens is 250 g/mol. The molecule has 2 N–H and O–H groups in total. The quantitative estimate of drug-likeness (QED) is 0.822. The van der Waals surface area contributed by atoms with Crippen LogP contribution in [-0.4, -0.2) is 15.0 Å². The first-order chi connectivity index (χ1) is 8.43.